The number of hydrogen-bond donors (Lipinski definition) is 0. The first kappa shape index (κ1) is 9.35. The molecule has 0 saturated heterocycles. The first-order chi connectivity index (χ1) is 5.65. The van der Waals surface area contributed by atoms with E-state index >= 15 is 0 Å². The standard InChI is InChI=1S/C6H7Cl2N3O/c1-10-4-9-11(6(10)12)3-5(8)2-7/h2,4H,3H2,1H3. The van der Waals surface area contributed by atoms with Crippen molar-refractivity contribution < 1.29 is 0 Å². The van der Waals surface area contributed by atoms with Gasteiger partial charge in [0.25, 0.3) is 0 Å². The van der Waals surface area contributed by atoms with Crippen LogP contribution in [0, 0.1) is 0 Å². The molecule has 1 heterocycles. The Morgan fingerprint density at radius 1 is 1.83 bits per heavy atom. The summed E-state index contributed by atoms with van der Waals surface area (Å²) in [7, 11) is 1.62. The summed E-state index contributed by atoms with van der Waals surface area (Å²) in [5, 5.41) is 4.16. The van der Waals surface area contributed by atoms with Gasteiger partial charge in [-0.3, -0.25) is 4.57 Å². The minimum Gasteiger partial charge on any atom is -0.285 e. The van der Waals surface area contributed by atoms with Gasteiger partial charge in [0.2, 0.25) is 0 Å². The average Bonchev–Trinajstić information content (AvgIpc) is 2.36. The van der Waals surface area contributed by atoms with Gasteiger partial charge in [0.15, 0.2) is 0 Å². The number of aryl methyl sites for hydroxylation is 1. The van der Waals surface area contributed by atoms with Crippen molar-refractivity contribution in [3.63, 3.8) is 0 Å². The van der Waals surface area contributed by atoms with Crippen LogP contribution in [0.15, 0.2) is 21.7 Å². The number of rotatable bonds is 2. The lowest BCUT2D eigenvalue weighted by atomic mass is 10.6. The number of allylic oxidation sites excluding steroid dienone is 1. The van der Waals surface area contributed by atoms with Gasteiger partial charge in [-0.1, -0.05) is 23.2 Å². The van der Waals surface area contributed by atoms with Crippen LogP contribution in [0.2, 0.25) is 0 Å². The molecular weight excluding hydrogens is 201 g/mol. The number of nitrogens with zero attached hydrogens (tertiary/aromatic N) is 3. The van der Waals surface area contributed by atoms with Crippen molar-refractivity contribution in [2.24, 2.45) is 7.05 Å². The van der Waals surface area contributed by atoms with Crippen LogP contribution in [0.3, 0.4) is 0 Å². The molecule has 1 aromatic rings. The highest BCUT2D eigenvalue weighted by molar-refractivity contribution is 6.36. The Balaban J connectivity index is 2.91. The highest BCUT2D eigenvalue weighted by atomic mass is 35.5. The molecule has 4 nitrogen and oxygen atoms in total. The van der Waals surface area contributed by atoms with E-state index in [1.807, 2.05) is 0 Å². The second-order valence-electron chi connectivity index (χ2n) is 2.24. The monoisotopic (exact) mass is 207 g/mol. The van der Waals surface area contributed by atoms with Gasteiger partial charge >= 0.3 is 5.69 Å². The Bertz CT molecular complexity index is 352. The maximum atomic E-state index is 11.2. The summed E-state index contributed by atoms with van der Waals surface area (Å²) in [4.78, 5) is 11.2. The molecule has 12 heavy (non-hydrogen) atoms. The number of aromatic nitrogens is 3. The first-order valence-corrected chi connectivity index (χ1v) is 4.00. The molecule has 0 N–H and O–H groups in total. The molecule has 0 saturated carbocycles. The second-order valence-corrected chi connectivity index (χ2v) is 2.94. The van der Waals surface area contributed by atoms with Crippen molar-refractivity contribution in [3.8, 4) is 0 Å². The third-order valence-corrected chi connectivity index (χ3v) is 1.91. The molecule has 0 radical (unpaired) electrons. The summed E-state index contributed by atoms with van der Waals surface area (Å²) in [6.07, 6.45) is 1.42. The molecule has 0 atom stereocenters. The smallest absolute Gasteiger partial charge is 0.285 e. The lowest BCUT2D eigenvalue weighted by molar-refractivity contribution is 0.653. The molecule has 0 aliphatic carbocycles. The minimum absolute atomic E-state index is 0.213. The first-order valence-electron chi connectivity index (χ1n) is 3.18. The van der Waals surface area contributed by atoms with Gasteiger partial charge < -0.3 is 0 Å². The third kappa shape index (κ3) is 1.89. The lowest BCUT2D eigenvalue weighted by Crippen LogP contribution is -2.23. The molecule has 6 heteroatoms. The van der Waals surface area contributed by atoms with Gasteiger partial charge in [0, 0.05) is 12.6 Å². The van der Waals surface area contributed by atoms with Gasteiger partial charge in [-0.2, -0.15) is 5.10 Å². The average molecular weight is 208 g/mol. The van der Waals surface area contributed by atoms with E-state index in [9.17, 15) is 4.79 Å². The summed E-state index contributed by atoms with van der Waals surface area (Å²) >= 11 is 10.9. The SMILES string of the molecule is Cn1cnn(CC(Cl)=CCl)c1=O. The fourth-order valence-electron chi connectivity index (χ4n) is 0.707. The predicted octanol–water partition coefficient (Wildman–Crippen LogP) is 0.901. The zero-order valence-corrected chi connectivity index (χ0v) is 7.88. The minimum atomic E-state index is -0.216. The van der Waals surface area contributed by atoms with Crippen LogP contribution in [-0.4, -0.2) is 14.3 Å². The predicted molar refractivity (Wildman–Crippen MR) is 47.3 cm³/mol. The molecule has 0 fully saturated rings. The van der Waals surface area contributed by atoms with Gasteiger partial charge in [-0.25, -0.2) is 9.48 Å². The number of hydrogen-bond acceptors (Lipinski definition) is 2. The highest BCUT2D eigenvalue weighted by Gasteiger charge is 2.01. The zero-order chi connectivity index (χ0) is 9.14. The van der Waals surface area contributed by atoms with Crippen molar-refractivity contribution in [2.75, 3.05) is 0 Å². The molecule has 0 aliphatic rings. The topological polar surface area (TPSA) is 39.8 Å². The quantitative estimate of drug-likeness (QED) is 0.724. The molecular formula is C6H7Cl2N3O. The van der Waals surface area contributed by atoms with Gasteiger partial charge in [0.1, 0.15) is 6.33 Å². The Morgan fingerprint density at radius 3 is 2.92 bits per heavy atom. The van der Waals surface area contributed by atoms with Crippen LogP contribution in [0.1, 0.15) is 0 Å². The second kappa shape index (κ2) is 3.78. The summed E-state index contributed by atoms with van der Waals surface area (Å²) in [5.74, 6) is 0. The van der Waals surface area contributed by atoms with Crippen LogP contribution < -0.4 is 5.69 Å². The van der Waals surface area contributed by atoms with Crippen LogP contribution in [0.25, 0.3) is 0 Å². The van der Waals surface area contributed by atoms with Gasteiger partial charge in [-0.05, 0) is 0 Å². The summed E-state index contributed by atoms with van der Waals surface area (Å²) < 4.78 is 2.58. The molecule has 0 aliphatic heterocycles. The van der Waals surface area contributed by atoms with E-state index in [-0.39, 0.29) is 12.2 Å². The highest BCUT2D eigenvalue weighted by Crippen LogP contribution is 2.03. The van der Waals surface area contributed by atoms with E-state index in [4.69, 9.17) is 23.2 Å². The van der Waals surface area contributed by atoms with Gasteiger partial charge in [0.05, 0.1) is 11.6 Å². The largest absolute Gasteiger partial charge is 0.345 e. The van der Waals surface area contributed by atoms with Crippen molar-refractivity contribution >= 4 is 23.2 Å². The van der Waals surface area contributed by atoms with Gasteiger partial charge in [-0.15, -0.1) is 0 Å². The van der Waals surface area contributed by atoms with E-state index in [1.54, 1.807) is 7.05 Å². The Morgan fingerprint density at radius 2 is 2.50 bits per heavy atom. The van der Waals surface area contributed by atoms with E-state index in [2.05, 4.69) is 5.10 Å². The molecule has 66 valence electrons. The zero-order valence-electron chi connectivity index (χ0n) is 6.37. The molecule has 0 spiro atoms. The Hall–Kier alpha value is -0.740. The van der Waals surface area contributed by atoms with E-state index in [1.165, 1.54) is 21.1 Å². The van der Waals surface area contributed by atoms with Crippen molar-refractivity contribution in [1.29, 1.82) is 0 Å². The van der Waals surface area contributed by atoms with E-state index in [0.29, 0.717) is 5.03 Å². The van der Waals surface area contributed by atoms with Crippen LogP contribution in [0.4, 0.5) is 0 Å². The molecule has 0 unspecified atom stereocenters. The van der Waals surface area contributed by atoms with E-state index < -0.39 is 0 Å². The van der Waals surface area contributed by atoms with Crippen molar-refractivity contribution in [2.45, 2.75) is 6.54 Å². The Kier molecular flexibility index (Phi) is 2.94. The van der Waals surface area contributed by atoms with Crippen LogP contribution in [0.5, 0.6) is 0 Å². The summed E-state index contributed by atoms with van der Waals surface area (Å²) in [5.41, 5.74) is 0.995. The lowest BCUT2D eigenvalue weighted by Gasteiger charge is -1.94. The Labute approximate surface area is 79.0 Å². The molecule has 1 rings (SSSR count). The number of halogens is 2. The van der Waals surface area contributed by atoms with Crippen LogP contribution in [-0.2, 0) is 13.6 Å². The molecule has 0 amide bonds. The molecule has 1 aromatic heterocycles. The fraction of sp³-hybridized carbons (Fsp3) is 0.333. The van der Waals surface area contributed by atoms with Crippen LogP contribution >= 0.6 is 23.2 Å². The third-order valence-electron chi connectivity index (χ3n) is 1.31. The summed E-state index contributed by atoms with van der Waals surface area (Å²) in [6, 6.07) is 0. The van der Waals surface area contributed by atoms with Crippen molar-refractivity contribution in [1.82, 2.24) is 14.3 Å². The van der Waals surface area contributed by atoms with E-state index in [0.717, 1.165) is 0 Å². The normalized spacial score (nSPS) is 12.1. The molecule has 0 bridgehead atoms. The maximum absolute atomic E-state index is 11.2. The van der Waals surface area contributed by atoms with Crippen molar-refractivity contribution in [3.05, 3.63) is 27.4 Å². The maximum Gasteiger partial charge on any atom is 0.345 e. The fourth-order valence-corrected chi connectivity index (χ4v) is 0.889. The molecule has 0 aromatic carbocycles. The summed E-state index contributed by atoms with van der Waals surface area (Å²) in [6.45, 7) is 0.213.